The number of ether oxygens (including phenoxy) is 1. The van der Waals surface area contributed by atoms with Crippen LogP contribution in [0.1, 0.15) is 15.4 Å². The maximum absolute atomic E-state index is 12.2. The predicted octanol–water partition coefficient (Wildman–Crippen LogP) is 2.47. The summed E-state index contributed by atoms with van der Waals surface area (Å²) in [7, 11) is 0. The van der Waals surface area contributed by atoms with Gasteiger partial charge < -0.3 is 20.3 Å². The summed E-state index contributed by atoms with van der Waals surface area (Å²) in [6, 6.07) is 9.35. The Morgan fingerprint density at radius 3 is 2.61 bits per heavy atom. The Bertz CT molecular complexity index is 955. The minimum absolute atomic E-state index is 0.211. The summed E-state index contributed by atoms with van der Waals surface area (Å²) >= 11 is 1.08. The van der Waals surface area contributed by atoms with E-state index in [2.05, 4.69) is 35.3 Å². The fraction of sp³-hybridized carbons (Fsp3) is 0.278. The van der Waals surface area contributed by atoms with Crippen LogP contribution in [0.15, 0.2) is 36.5 Å². The SMILES string of the molecule is Cc1nnsc1C(=O)Nc1ccc(Nc2cc(N3CCOCC3)cnn2)cc1. The minimum Gasteiger partial charge on any atom is -0.378 e. The molecule has 10 heteroatoms. The number of carbonyl (C=O) groups excluding carboxylic acids is 1. The van der Waals surface area contributed by atoms with E-state index in [0.717, 1.165) is 49.2 Å². The largest absolute Gasteiger partial charge is 0.378 e. The van der Waals surface area contributed by atoms with Gasteiger partial charge in [0.1, 0.15) is 4.88 Å². The molecule has 0 saturated carbocycles. The fourth-order valence-corrected chi connectivity index (χ4v) is 3.38. The molecule has 1 fully saturated rings. The van der Waals surface area contributed by atoms with Crippen molar-refractivity contribution in [3.63, 3.8) is 0 Å². The van der Waals surface area contributed by atoms with Crippen molar-refractivity contribution in [2.45, 2.75) is 6.92 Å². The molecule has 1 aromatic carbocycles. The van der Waals surface area contributed by atoms with Crippen molar-refractivity contribution in [2.75, 3.05) is 41.8 Å². The van der Waals surface area contributed by atoms with Gasteiger partial charge in [-0.3, -0.25) is 4.79 Å². The fourth-order valence-electron chi connectivity index (χ4n) is 2.82. The summed E-state index contributed by atoms with van der Waals surface area (Å²) in [5.74, 6) is 0.449. The van der Waals surface area contributed by atoms with Crippen molar-refractivity contribution in [3.8, 4) is 0 Å². The molecule has 1 saturated heterocycles. The van der Waals surface area contributed by atoms with E-state index in [1.807, 2.05) is 30.3 Å². The first-order valence-corrected chi connectivity index (χ1v) is 9.59. The summed E-state index contributed by atoms with van der Waals surface area (Å²) in [4.78, 5) is 15.0. The third-order valence-corrected chi connectivity index (χ3v) is 5.12. The molecule has 0 radical (unpaired) electrons. The molecule has 28 heavy (non-hydrogen) atoms. The lowest BCUT2D eigenvalue weighted by molar-refractivity contribution is 0.103. The molecule has 1 aliphatic heterocycles. The number of rotatable bonds is 5. The molecule has 3 heterocycles. The van der Waals surface area contributed by atoms with Gasteiger partial charge in [-0.2, -0.15) is 5.10 Å². The zero-order valence-corrected chi connectivity index (χ0v) is 16.1. The number of hydrogen-bond donors (Lipinski definition) is 2. The van der Waals surface area contributed by atoms with Gasteiger partial charge in [0.25, 0.3) is 5.91 Å². The van der Waals surface area contributed by atoms with Crippen LogP contribution in [-0.2, 0) is 4.74 Å². The number of nitrogens with one attached hydrogen (secondary N) is 2. The molecule has 0 bridgehead atoms. The average Bonchev–Trinajstić information content (AvgIpc) is 3.16. The molecule has 2 N–H and O–H groups in total. The molecule has 144 valence electrons. The van der Waals surface area contributed by atoms with Gasteiger partial charge in [0.15, 0.2) is 5.82 Å². The van der Waals surface area contributed by atoms with Gasteiger partial charge in [0, 0.05) is 30.5 Å². The number of morpholine rings is 1. The lowest BCUT2D eigenvalue weighted by Crippen LogP contribution is -2.36. The maximum Gasteiger partial charge on any atom is 0.269 e. The molecular formula is C18H19N7O2S. The van der Waals surface area contributed by atoms with Crippen molar-refractivity contribution in [1.29, 1.82) is 0 Å². The Balaban J connectivity index is 1.40. The molecule has 1 amide bonds. The Hall–Kier alpha value is -3.11. The quantitative estimate of drug-likeness (QED) is 0.676. The maximum atomic E-state index is 12.2. The number of anilines is 4. The summed E-state index contributed by atoms with van der Waals surface area (Å²) in [5, 5.41) is 18.2. The van der Waals surface area contributed by atoms with Gasteiger partial charge >= 0.3 is 0 Å². The summed E-state index contributed by atoms with van der Waals surface area (Å²) in [5.41, 5.74) is 3.18. The molecule has 0 spiro atoms. The van der Waals surface area contributed by atoms with Crippen LogP contribution in [0.3, 0.4) is 0 Å². The van der Waals surface area contributed by atoms with Crippen molar-refractivity contribution in [2.24, 2.45) is 0 Å². The van der Waals surface area contributed by atoms with Crippen molar-refractivity contribution in [1.82, 2.24) is 19.8 Å². The zero-order valence-electron chi connectivity index (χ0n) is 15.3. The number of amides is 1. The van der Waals surface area contributed by atoms with Gasteiger partial charge in [-0.05, 0) is 42.7 Å². The van der Waals surface area contributed by atoms with Crippen LogP contribution >= 0.6 is 11.5 Å². The van der Waals surface area contributed by atoms with Gasteiger partial charge in [-0.1, -0.05) is 4.49 Å². The molecule has 0 atom stereocenters. The topological polar surface area (TPSA) is 105 Å². The van der Waals surface area contributed by atoms with Crippen molar-refractivity contribution in [3.05, 3.63) is 47.1 Å². The number of hydrogen-bond acceptors (Lipinski definition) is 9. The van der Waals surface area contributed by atoms with E-state index >= 15 is 0 Å². The number of aryl methyl sites for hydroxylation is 1. The highest BCUT2D eigenvalue weighted by atomic mass is 32.1. The summed E-state index contributed by atoms with van der Waals surface area (Å²) in [6.07, 6.45) is 1.76. The summed E-state index contributed by atoms with van der Waals surface area (Å²) < 4.78 is 9.17. The second-order valence-corrected chi connectivity index (χ2v) is 7.00. The van der Waals surface area contributed by atoms with Crippen LogP contribution in [0, 0.1) is 6.92 Å². The summed E-state index contributed by atoms with van der Waals surface area (Å²) in [6.45, 7) is 4.88. The van der Waals surface area contributed by atoms with E-state index in [-0.39, 0.29) is 5.91 Å². The van der Waals surface area contributed by atoms with Crippen LogP contribution in [0.4, 0.5) is 22.9 Å². The second kappa shape index (κ2) is 8.28. The smallest absolute Gasteiger partial charge is 0.269 e. The minimum atomic E-state index is -0.211. The first-order valence-electron chi connectivity index (χ1n) is 8.82. The number of nitrogens with zero attached hydrogens (tertiary/aromatic N) is 5. The first-order chi connectivity index (χ1) is 13.7. The van der Waals surface area contributed by atoms with Crippen LogP contribution in [-0.4, -0.2) is 52.0 Å². The number of aromatic nitrogens is 4. The molecule has 4 rings (SSSR count). The molecule has 9 nitrogen and oxygen atoms in total. The standard InChI is InChI=1S/C18H19N7O2S/c1-12-17(28-24-22-12)18(26)21-14-4-2-13(3-5-14)20-16-10-15(11-19-23-16)25-6-8-27-9-7-25/h2-5,10-11H,6-9H2,1H3,(H,20,23)(H,21,26). The molecule has 0 aliphatic carbocycles. The van der Waals surface area contributed by atoms with E-state index in [1.165, 1.54) is 0 Å². The van der Waals surface area contributed by atoms with Crippen LogP contribution in [0.2, 0.25) is 0 Å². The molecule has 2 aromatic heterocycles. The molecule has 0 unspecified atom stereocenters. The van der Waals surface area contributed by atoms with Crippen LogP contribution in [0.5, 0.6) is 0 Å². The highest BCUT2D eigenvalue weighted by Crippen LogP contribution is 2.22. The van der Waals surface area contributed by atoms with E-state index in [9.17, 15) is 4.79 Å². The second-order valence-electron chi connectivity index (χ2n) is 6.24. The Morgan fingerprint density at radius 1 is 1.14 bits per heavy atom. The van der Waals surface area contributed by atoms with E-state index in [0.29, 0.717) is 22.1 Å². The molecule has 3 aromatic rings. The van der Waals surface area contributed by atoms with E-state index in [1.54, 1.807) is 13.1 Å². The van der Waals surface area contributed by atoms with Crippen molar-refractivity contribution < 1.29 is 9.53 Å². The third-order valence-electron chi connectivity index (χ3n) is 4.29. The van der Waals surface area contributed by atoms with Gasteiger partial charge in [-0.25, -0.2) is 0 Å². The lowest BCUT2D eigenvalue weighted by atomic mass is 10.2. The predicted molar refractivity (Wildman–Crippen MR) is 107 cm³/mol. The lowest BCUT2D eigenvalue weighted by Gasteiger charge is -2.28. The zero-order chi connectivity index (χ0) is 19.3. The highest BCUT2D eigenvalue weighted by molar-refractivity contribution is 7.08. The third kappa shape index (κ3) is 4.24. The monoisotopic (exact) mass is 397 g/mol. The van der Waals surface area contributed by atoms with Gasteiger partial charge in [-0.15, -0.1) is 10.2 Å². The van der Waals surface area contributed by atoms with Gasteiger partial charge in [0.05, 0.1) is 30.8 Å². The van der Waals surface area contributed by atoms with E-state index < -0.39 is 0 Å². The Kier molecular flexibility index (Phi) is 5.40. The van der Waals surface area contributed by atoms with Gasteiger partial charge in [0.2, 0.25) is 0 Å². The van der Waals surface area contributed by atoms with Crippen LogP contribution in [0.25, 0.3) is 0 Å². The number of carbonyl (C=O) groups is 1. The Labute approximate surface area is 165 Å². The molecule has 1 aliphatic rings. The van der Waals surface area contributed by atoms with E-state index in [4.69, 9.17) is 4.74 Å². The molecular weight excluding hydrogens is 378 g/mol. The highest BCUT2D eigenvalue weighted by Gasteiger charge is 2.14. The van der Waals surface area contributed by atoms with Crippen LogP contribution < -0.4 is 15.5 Å². The van der Waals surface area contributed by atoms with Crippen molar-refractivity contribution >= 4 is 40.3 Å². The normalized spacial score (nSPS) is 14.0. The Morgan fingerprint density at radius 2 is 1.89 bits per heavy atom. The number of benzene rings is 1. The average molecular weight is 397 g/mol. The first kappa shape index (κ1) is 18.3.